The second-order valence-corrected chi connectivity index (χ2v) is 10.2. The molecule has 0 aromatic heterocycles. The van der Waals surface area contributed by atoms with E-state index in [-0.39, 0.29) is 0 Å². The number of fused-ring (bicyclic) bond motifs is 2. The summed E-state index contributed by atoms with van der Waals surface area (Å²) in [6.45, 7) is 12.4. The first kappa shape index (κ1) is 25.1. The molecule has 4 aromatic rings. The molecule has 4 aromatic carbocycles. The van der Waals surface area contributed by atoms with E-state index < -0.39 is 18.3 Å². The lowest BCUT2D eigenvalue weighted by Crippen LogP contribution is -2.41. The first-order valence-corrected chi connectivity index (χ1v) is 13.1. The quantitative estimate of drug-likeness (QED) is 0.238. The Bertz CT molecular complexity index is 1360. The van der Waals surface area contributed by atoms with Gasteiger partial charge in [-0.3, -0.25) is 0 Å². The zero-order valence-corrected chi connectivity index (χ0v) is 22.6. The van der Waals surface area contributed by atoms with Crippen LogP contribution >= 0.6 is 0 Å². The average Bonchev–Trinajstić information content (AvgIpc) is 3.15. The Balaban J connectivity index is 0.00000137. The third-order valence-corrected chi connectivity index (χ3v) is 7.40. The molecule has 188 valence electrons. The molecule has 2 aliphatic rings. The van der Waals surface area contributed by atoms with Crippen LogP contribution in [0.2, 0.25) is 0 Å². The molecule has 2 heterocycles. The summed E-state index contributed by atoms with van der Waals surface area (Å²) < 4.78 is 12.8. The van der Waals surface area contributed by atoms with Crippen LogP contribution in [-0.4, -0.2) is 18.3 Å². The second kappa shape index (κ2) is 9.73. The molecule has 2 aliphatic heterocycles. The Morgan fingerprint density at radius 1 is 0.514 bits per heavy atom. The van der Waals surface area contributed by atoms with E-state index in [1.54, 1.807) is 0 Å². The van der Waals surface area contributed by atoms with Gasteiger partial charge in [0.15, 0.2) is 0 Å². The van der Waals surface area contributed by atoms with Crippen LogP contribution in [0.1, 0.15) is 41.5 Å². The van der Waals surface area contributed by atoms with E-state index in [2.05, 4.69) is 141 Å². The molecule has 6 rings (SSSR count). The molecule has 0 aliphatic carbocycles. The largest absolute Gasteiger partial charge is 0.494 e. The van der Waals surface area contributed by atoms with Crippen LogP contribution in [0.15, 0.2) is 103 Å². The van der Waals surface area contributed by atoms with Crippen molar-refractivity contribution >= 4 is 46.7 Å². The van der Waals surface area contributed by atoms with Crippen molar-refractivity contribution in [2.24, 2.45) is 0 Å². The van der Waals surface area contributed by atoms with Gasteiger partial charge in [-0.1, -0.05) is 68.4 Å². The summed E-state index contributed by atoms with van der Waals surface area (Å²) in [6.07, 6.45) is 0. The van der Waals surface area contributed by atoms with Crippen molar-refractivity contribution in [3.05, 3.63) is 103 Å². The molecule has 1 saturated heterocycles. The lowest BCUT2D eigenvalue weighted by atomic mass is 9.78. The van der Waals surface area contributed by atoms with E-state index in [0.29, 0.717) is 0 Å². The fraction of sp³-hybridized carbons (Fsp3) is 0.250. The lowest BCUT2D eigenvalue weighted by Gasteiger charge is -2.40. The SMILES string of the molecule is CC.CC1(C)OB(c2ccc3c(c2)N(c2ccccc2)c2ccccc2N3c2ccccc2)OC1(C)C. The Kier molecular flexibility index (Phi) is 6.61. The maximum Gasteiger partial charge on any atom is 0.494 e. The third-order valence-electron chi connectivity index (χ3n) is 7.40. The van der Waals surface area contributed by atoms with Crippen molar-refractivity contribution in [2.75, 3.05) is 9.80 Å². The van der Waals surface area contributed by atoms with E-state index in [1.165, 1.54) is 0 Å². The molecule has 0 N–H and O–H groups in total. The van der Waals surface area contributed by atoms with Crippen molar-refractivity contribution in [3.8, 4) is 0 Å². The van der Waals surface area contributed by atoms with Crippen LogP contribution in [0.5, 0.6) is 0 Å². The van der Waals surface area contributed by atoms with Gasteiger partial charge in [0.05, 0.1) is 34.0 Å². The van der Waals surface area contributed by atoms with Gasteiger partial charge in [0.1, 0.15) is 0 Å². The topological polar surface area (TPSA) is 24.9 Å². The van der Waals surface area contributed by atoms with Crippen molar-refractivity contribution in [1.29, 1.82) is 0 Å². The Labute approximate surface area is 221 Å². The van der Waals surface area contributed by atoms with Crippen LogP contribution in [0.4, 0.5) is 34.1 Å². The number of anilines is 6. The first-order chi connectivity index (χ1) is 17.9. The summed E-state index contributed by atoms with van der Waals surface area (Å²) in [5.41, 5.74) is 6.92. The predicted molar refractivity (Wildman–Crippen MR) is 156 cm³/mol. The molecule has 0 unspecified atom stereocenters. The fourth-order valence-electron chi connectivity index (χ4n) is 4.85. The summed E-state index contributed by atoms with van der Waals surface area (Å²) in [5, 5.41) is 0. The summed E-state index contributed by atoms with van der Waals surface area (Å²) in [5.74, 6) is 0. The van der Waals surface area contributed by atoms with Crippen LogP contribution in [0, 0.1) is 0 Å². The molecular formula is C32H35BN2O2. The molecule has 0 atom stereocenters. The highest BCUT2D eigenvalue weighted by atomic mass is 16.7. The van der Waals surface area contributed by atoms with Crippen molar-refractivity contribution < 1.29 is 9.31 Å². The van der Waals surface area contributed by atoms with Crippen molar-refractivity contribution in [3.63, 3.8) is 0 Å². The van der Waals surface area contributed by atoms with Crippen LogP contribution < -0.4 is 15.3 Å². The lowest BCUT2D eigenvalue weighted by molar-refractivity contribution is 0.00578. The number of hydrogen-bond acceptors (Lipinski definition) is 4. The molecule has 0 saturated carbocycles. The molecule has 0 radical (unpaired) electrons. The van der Waals surface area contributed by atoms with E-state index in [0.717, 1.165) is 39.6 Å². The molecule has 0 spiro atoms. The van der Waals surface area contributed by atoms with Gasteiger partial charge in [0.2, 0.25) is 0 Å². The average molecular weight is 490 g/mol. The zero-order valence-electron chi connectivity index (χ0n) is 22.6. The van der Waals surface area contributed by atoms with Gasteiger partial charge in [-0.25, -0.2) is 0 Å². The third kappa shape index (κ3) is 4.33. The van der Waals surface area contributed by atoms with E-state index in [4.69, 9.17) is 9.31 Å². The van der Waals surface area contributed by atoms with Gasteiger partial charge >= 0.3 is 7.12 Å². The van der Waals surface area contributed by atoms with Gasteiger partial charge < -0.3 is 19.1 Å². The number of rotatable bonds is 3. The number of nitrogens with zero attached hydrogens (tertiary/aromatic N) is 2. The van der Waals surface area contributed by atoms with Crippen molar-refractivity contribution in [1.82, 2.24) is 0 Å². The zero-order chi connectivity index (χ0) is 26.2. The van der Waals surface area contributed by atoms with Crippen LogP contribution in [0.3, 0.4) is 0 Å². The van der Waals surface area contributed by atoms with E-state index >= 15 is 0 Å². The minimum absolute atomic E-state index is 0.393. The molecular weight excluding hydrogens is 455 g/mol. The molecule has 37 heavy (non-hydrogen) atoms. The van der Waals surface area contributed by atoms with Gasteiger partial charge in [0, 0.05) is 11.4 Å². The van der Waals surface area contributed by atoms with E-state index in [9.17, 15) is 0 Å². The summed E-state index contributed by atoms with van der Waals surface area (Å²) in [7, 11) is -0.426. The Hall–Kier alpha value is -3.54. The molecule has 0 amide bonds. The van der Waals surface area contributed by atoms with Gasteiger partial charge in [-0.05, 0) is 81.7 Å². The monoisotopic (exact) mass is 490 g/mol. The number of hydrogen-bond donors (Lipinski definition) is 0. The standard InChI is InChI=1S/C30H29BN2O2.C2H6/c1-29(2)30(3,4)35-31(34-29)22-19-20-27-28(21-22)33(24-15-9-6-10-16-24)26-18-12-11-17-25(26)32(27)23-13-7-5-8-14-23;1-2/h5-21H,1-4H3;1-2H3. The summed E-state index contributed by atoms with van der Waals surface area (Å²) >= 11 is 0. The summed E-state index contributed by atoms with van der Waals surface area (Å²) in [4.78, 5) is 4.66. The molecule has 0 bridgehead atoms. The Morgan fingerprint density at radius 2 is 0.919 bits per heavy atom. The number of para-hydroxylation sites is 4. The highest BCUT2D eigenvalue weighted by molar-refractivity contribution is 6.62. The fourth-order valence-corrected chi connectivity index (χ4v) is 4.85. The maximum atomic E-state index is 6.41. The minimum atomic E-state index is -0.426. The maximum absolute atomic E-state index is 6.41. The van der Waals surface area contributed by atoms with E-state index in [1.807, 2.05) is 13.8 Å². The minimum Gasteiger partial charge on any atom is -0.399 e. The highest BCUT2D eigenvalue weighted by Gasteiger charge is 2.52. The molecule has 1 fully saturated rings. The predicted octanol–water partition coefficient (Wildman–Crippen LogP) is 8.27. The number of benzene rings is 4. The highest BCUT2D eigenvalue weighted by Crippen LogP contribution is 2.53. The van der Waals surface area contributed by atoms with Gasteiger partial charge in [-0.15, -0.1) is 0 Å². The first-order valence-electron chi connectivity index (χ1n) is 13.1. The van der Waals surface area contributed by atoms with Crippen LogP contribution in [0.25, 0.3) is 0 Å². The molecule has 4 nitrogen and oxygen atoms in total. The van der Waals surface area contributed by atoms with Crippen LogP contribution in [-0.2, 0) is 9.31 Å². The normalized spacial score (nSPS) is 17.0. The van der Waals surface area contributed by atoms with Gasteiger partial charge in [0.25, 0.3) is 0 Å². The molecule has 5 heteroatoms. The Morgan fingerprint density at radius 3 is 1.41 bits per heavy atom. The second-order valence-electron chi connectivity index (χ2n) is 10.2. The van der Waals surface area contributed by atoms with Gasteiger partial charge in [-0.2, -0.15) is 0 Å². The summed E-state index contributed by atoms with van der Waals surface area (Å²) in [6, 6.07) is 36.2. The van der Waals surface area contributed by atoms with Crippen molar-refractivity contribution in [2.45, 2.75) is 52.7 Å². The smallest absolute Gasteiger partial charge is 0.399 e.